The van der Waals surface area contributed by atoms with Gasteiger partial charge in [-0.2, -0.15) is 0 Å². The molecule has 11 nitrogen and oxygen atoms in total. The zero-order valence-corrected chi connectivity index (χ0v) is 15.9. The number of carboxylic acid groups (broad SMARTS) is 1. The smallest absolute Gasteiger partial charge is 0.303 e. The molecule has 0 rings (SSSR count). The van der Waals surface area contributed by atoms with Crippen LogP contribution in [0.2, 0.25) is 0 Å². The average molecular weight is 375 g/mol. The Balaban J connectivity index is 0. The molecular weight excluding hydrogens is 344 g/mol. The summed E-state index contributed by atoms with van der Waals surface area (Å²) in [5.41, 5.74) is 15.4. The number of carbonyl (C=O) groups is 2. The summed E-state index contributed by atoms with van der Waals surface area (Å²) < 4.78 is 5.39. The number of esters is 1. The van der Waals surface area contributed by atoms with Crippen LogP contribution in [0.1, 0.15) is 26.2 Å². The van der Waals surface area contributed by atoms with Gasteiger partial charge < -0.3 is 46.8 Å². The third-order valence-electron chi connectivity index (χ3n) is 2.78. The number of hydrogen-bond donors (Lipinski definition) is 4. The van der Waals surface area contributed by atoms with Gasteiger partial charge in [-0.05, 0) is 18.7 Å². The van der Waals surface area contributed by atoms with Crippen LogP contribution in [-0.4, -0.2) is 74.7 Å². The molecule has 0 heterocycles. The SMILES string of the molecule is CC(=O)OC(CC(=O)[O-])C[N+](C)(C)C.N=C([O-])[C@@H](N)CCCN=C(N)N. The van der Waals surface area contributed by atoms with Gasteiger partial charge in [-0.3, -0.25) is 9.79 Å². The first-order chi connectivity index (χ1) is 11.7. The zero-order chi connectivity index (χ0) is 20.9. The molecule has 2 atom stereocenters. The fourth-order valence-corrected chi connectivity index (χ4v) is 1.83. The molecule has 152 valence electrons. The summed E-state index contributed by atoms with van der Waals surface area (Å²) in [5, 5.41) is 27.4. The van der Waals surface area contributed by atoms with E-state index in [9.17, 15) is 19.8 Å². The maximum absolute atomic E-state index is 10.7. The highest BCUT2D eigenvalue weighted by Gasteiger charge is 2.20. The number of guanidine groups is 1. The highest BCUT2D eigenvalue weighted by atomic mass is 16.5. The van der Waals surface area contributed by atoms with E-state index in [4.69, 9.17) is 27.3 Å². The first kappa shape index (κ1) is 25.8. The first-order valence-electron chi connectivity index (χ1n) is 7.98. The Hall–Kier alpha value is -2.40. The van der Waals surface area contributed by atoms with Crippen LogP contribution < -0.4 is 27.4 Å². The van der Waals surface area contributed by atoms with Crippen molar-refractivity contribution in [3.8, 4) is 0 Å². The lowest BCUT2D eigenvalue weighted by molar-refractivity contribution is -0.873. The van der Waals surface area contributed by atoms with E-state index in [1.165, 1.54) is 6.92 Å². The Morgan fingerprint density at radius 2 is 1.77 bits per heavy atom. The van der Waals surface area contributed by atoms with Crippen LogP contribution in [0.4, 0.5) is 0 Å². The highest BCUT2D eigenvalue weighted by molar-refractivity contribution is 5.75. The second-order valence-corrected chi connectivity index (χ2v) is 6.70. The minimum Gasteiger partial charge on any atom is -0.861 e. The van der Waals surface area contributed by atoms with Crippen molar-refractivity contribution < 1.29 is 29.0 Å². The molecule has 7 N–H and O–H groups in total. The van der Waals surface area contributed by atoms with Crippen molar-refractivity contribution in [1.29, 1.82) is 5.41 Å². The minimum atomic E-state index is -1.20. The number of nitrogens with zero attached hydrogens (tertiary/aromatic N) is 2. The minimum absolute atomic E-state index is 0.0285. The third-order valence-corrected chi connectivity index (χ3v) is 2.78. The van der Waals surface area contributed by atoms with Crippen molar-refractivity contribution in [1.82, 2.24) is 0 Å². The van der Waals surface area contributed by atoms with Gasteiger partial charge in [-0.1, -0.05) is 0 Å². The van der Waals surface area contributed by atoms with Gasteiger partial charge >= 0.3 is 5.97 Å². The standard InChI is InChI=1S/C9H17NO4.C6H15N5O/c1-7(11)14-8(5-9(12)13)6-10(2,3)4;7-4(5(8)12)2-1-3-11-6(9)10/h8H,5-6H2,1-4H3;4H,1-3,7H2,(H2,8,12)(H4,9,10,11)/p-1/t;4-/m.0/s1. The number of quaternary nitrogens is 1. The van der Waals surface area contributed by atoms with Crippen molar-refractivity contribution in [2.75, 3.05) is 34.2 Å². The van der Waals surface area contributed by atoms with E-state index in [1.54, 1.807) is 0 Å². The number of carbonyl (C=O) groups excluding carboxylic acids is 2. The molecule has 0 aliphatic carbocycles. The van der Waals surface area contributed by atoms with E-state index < -0.39 is 30.0 Å². The molecule has 0 saturated carbocycles. The van der Waals surface area contributed by atoms with Gasteiger partial charge in [-0.15, -0.1) is 0 Å². The number of nitrogens with two attached hydrogens (primary N) is 3. The van der Waals surface area contributed by atoms with Gasteiger partial charge in [0.15, 0.2) is 12.1 Å². The maximum Gasteiger partial charge on any atom is 0.303 e. The van der Waals surface area contributed by atoms with Crippen LogP contribution in [0.15, 0.2) is 4.99 Å². The molecule has 0 aliphatic rings. The zero-order valence-electron chi connectivity index (χ0n) is 15.9. The van der Waals surface area contributed by atoms with Crippen molar-refractivity contribution in [3.05, 3.63) is 0 Å². The summed E-state index contributed by atoms with van der Waals surface area (Å²) in [6.45, 7) is 2.16. The molecule has 0 aromatic carbocycles. The average Bonchev–Trinajstić information content (AvgIpc) is 2.40. The number of aliphatic carboxylic acids is 1. The molecule has 0 amide bonds. The van der Waals surface area contributed by atoms with Crippen LogP contribution in [0.5, 0.6) is 0 Å². The predicted octanol–water partition coefficient (Wildman–Crippen LogP) is -3.53. The van der Waals surface area contributed by atoms with Crippen LogP contribution >= 0.6 is 0 Å². The fraction of sp³-hybridized carbons (Fsp3) is 0.733. The Morgan fingerprint density at radius 3 is 2.12 bits per heavy atom. The molecule has 0 aromatic rings. The highest BCUT2D eigenvalue weighted by Crippen LogP contribution is 2.04. The summed E-state index contributed by atoms with van der Waals surface area (Å²) in [6.07, 6.45) is 0.190. The number of aliphatic imine (C=N–C) groups is 1. The summed E-state index contributed by atoms with van der Waals surface area (Å²) in [5.74, 6) is -2.39. The van der Waals surface area contributed by atoms with Crippen molar-refractivity contribution in [3.63, 3.8) is 0 Å². The van der Waals surface area contributed by atoms with Gasteiger partial charge in [0.1, 0.15) is 6.54 Å². The number of nitrogens with one attached hydrogen (secondary N) is 1. The molecule has 0 bridgehead atoms. The van der Waals surface area contributed by atoms with E-state index >= 15 is 0 Å². The molecule has 0 spiro atoms. The molecular formula is C15H31N6O5-. The Kier molecular flexibility index (Phi) is 12.8. The largest absolute Gasteiger partial charge is 0.861 e. The van der Waals surface area contributed by atoms with Crippen LogP contribution in [0.25, 0.3) is 0 Å². The van der Waals surface area contributed by atoms with Crippen molar-refractivity contribution >= 4 is 23.8 Å². The lowest BCUT2D eigenvalue weighted by atomic mass is 10.2. The normalized spacial score (nSPS) is 12.8. The quantitative estimate of drug-likeness (QED) is 0.0987. The molecule has 0 fully saturated rings. The second-order valence-electron chi connectivity index (χ2n) is 6.70. The van der Waals surface area contributed by atoms with Gasteiger partial charge in [0, 0.05) is 31.9 Å². The van der Waals surface area contributed by atoms with E-state index in [-0.39, 0.29) is 12.4 Å². The lowest BCUT2D eigenvalue weighted by Gasteiger charge is -2.28. The van der Waals surface area contributed by atoms with Crippen LogP contribution in [-0.2, 0) is 14.3 Å². The van der Waals surface area contributed by atoms with Gasteiger partial charge in [-0.25, -0.2) is 0 Å². The Morgan fingerprint density at radius 1 is 1.23 bits per heavy atom. The van der Waals surface area contributed by atoms with E-state index in [2.05, 4.69) is 4.99 Å². The monoisotopic (exact) mass is 375 g/mol. The summed E-state index contributed by atoms with van der Waals surface area (Å²) in [7, 11) is 5.68. The topological polar surface area (TPSA) is 204 Å². The lowest BCUT2D eigenvalue weighted by Crippen LogP contribution is -2.45. The molecule has 26 heavy (non-hydrogen) atoms. The second kappa shape index (κ2) is 12.9. The Labute approximate surface area is 153 Å². The fourth-order valence-electron chi connectivity index (χ4n) is 1.83. The molecule has 0 saturated heterocycles. The Bertz CT molecular complexity index is 469. The van der Waals surface area contributed by atoms with Crippen LogP contribution in [0.3, 0.4) is 0 Å². The maximum atomic E-state index is 10.7. The molecule has 0 radical (unpaired) electrons. The number of hydrogen-bond acceptors (Lipinski definition) is 8. The first-order valence-corrected chi connectivity index (χ1v) is 7.98. The van der Waals surface area contributed by atoms with E-state index in [0.29, 0.717) is 30.4 Å². The summed E-state index contributed by atoms with van der Waals surface area (Å²) >= 11 is 0. The molecule has 11 heteroatoms. The van der Waals surface area contributed by atoms with Gasteiger partial charge in [0.05, 0.1) is 21.1 Å². The van der Waals surface area contributed by atoms with E-state index in [0.717, 1.165) is 0 Å². The number of carboxylic acids is 1. The number of likely N-dealkylation sites (N-methyl/N-ethyl adjacent to an activating group) is 1. The molecule has 0 aliphatic heterocycles. The number of ether oxygens (including phenoxy) is 1. The van der Waals surface area contributed by atoms with Crippen LogP contribution in [0, 0.1) is 5.41 Å². The van der Waals surface area contributed by atoms with Crippen molar-refractivity contribution in [2.45, 2.75) is 38.3 Å². The summed E-state index contributed by atoms with van der Waals surface area (Å²) in [6, 6.07) is -0.709. The number of rotatable bonds is 10. The van der Waals surface area contributed by atoms with Gasteiger partial charge in [0.2, 0.25) is 0 Å². The van der Waals surface area contributed by atoms with E-state index in [1.807, 2.05) is 21.1 Å². The molecule has 1 unspecified atom stereocenters. The van der Waals surface area contributed by atoms with Gasteiger partial charge in [0.25, 0.3) is 0 Å². The van der Waals surface area contributed by atoms with Crippen molar-refractivity contribution in [2.24, 2.45) is 22.2 Å². The third kappa shape index (κ3) is 19.6. The molecule has 0 aromatic heterocycles. The predicted molar refractivity (Wildman–Crippen MR) is 93.7 cm³/mol. The summed E-state index contributed by atoms with van der Waals surface area (Å²) in [4.78, 5) is 24.7.